The number of aryl methyl sites for hydroxylation is 1. The van der Waals surface area contributed by atoms with Crippen molar-refractivity contribution in [3.8, 4) is 17.2 Å². The lowest BCUT2D eigenvalue weighted by molar-refractivity contribution is -0.140. The van der Waals surface area contributed by atoms with Crippen molar-refractivity contribution in [2.24, 2.45) is 0 Å². The van der Waals surface area contributed by atoms with Crippen LogP contribution in [0.1, 0.15) is 46.1 Å². The largest absolute Gasteiger partial charge is 0.502 e. The molecule has 2 aromatic heterocycles. The summed E-state index contributed by atoms with van der Waals surface area (Å²) in [6, 6.07) is 12.4. The second kappa shape index (κ2) is 11.5. The average molecular weight is 561 g/mol. The molecule has 1 atom stereocenters. The normalized spacial score (nSPS) is 14.0. The van der Waals surface area contributed by atoms with E-state index in [1.165, 1.54) is 13.2 Å². The maximum atomic E-state index is 13.2. The molecule has 0 fully saturated rings. The molecule has 214 valence electrons. The molecule has 3 heterocycles. The average Bonchev–Trinajstić information content (AvgIpc) is 2.97. The summed E-state index contributed by atoms with van der Waals surface area (Å²) in [6.45, 7) is 3.42. The molecule has 0 radical (unpaired) electrons. The standard InChI is InChI=1S/C31H32N2O8/c1-17-6-5-7-19-10-23(31(37)32-28(17)19)22(14-27(35)40-4)30-29(36)24(34)13-21(41-30)16-33-9-8-18-11-25(38-2)26(39-3)12-20(18)15-33/h5-7,10-13,22,36H,8-9,14-16H2,1-4H3,(H,32,37)/t22-/m1/s1. The van der Waals surface area contributed by atoms with Crippen molar-refractivity contribution in [3.63, 3.8) is 0 Å². The van der Waals surface area contributed by atoms with Gasteiger partial charge in [-0.1, -0.05) is 18.2 Å². The molecule has 41 heavy (non-hydrogen) atoms. The van der Waals surface area contributed by atoms with E-state index in [-0.39, 0.29) is 24.3 Å². The molecule has 5 rings (SSSR count). The SMILES string of the molecule is COC(=O)C[C@@H](c1oc(CN2CCc3cc(OC)c(OC)cc3C2)cc(=O)c1O)c1cc2cccc(C)c2[nH]c1=O. The molecule has 4 aromatic rings. The molecule has 0 aliphatic carbocycles. The first-order valence-electron chi connectivity index (χ1n) is 13.2. The zero-order valence-corrected chi connectivity index (χ0v) is 23.4. The molecule has 0 saturated carbocycles. The van der Waals surface area contributed by atoms with E-state index >= 15 is 0 Å². The fraction of sp³-hybridized carbons (Fsp3) is 0.323. The van der Waals surface area contributed by atoms with Gasteiger partial charge in [0, 0.05) is 24.7 Å². The highest BCUT2D eigenvalue weighted by atomic mass is 16.5. The van der Waals surface area contributed by atoms with Crippen LogP contribution in [0.3, 0.4) is 0 Å². The van der Waals surface area contributed by atoms with Gasteiger partial charge in [0.1, 0.15) is 5.76 Å². The smallest absolute Gasteiger partial charge is 0.306 e. The van der Waals surface area contributed by atoms with Gasteiger partial charge in [-0.05, 0) is 53.6 Å². The van der Waals surface area contributed by atoms with Crippen molar-refractivity contribution in [2.45, 2.75) is 38.8 Å². The highest BCUT2D eigenvalue weighted by Gasteiger charge is 2.30. The lowest BCUT2D eigenvalue weighted by Gasteiger charge is -2.29. The molecule has 0 saturated heterocycles. The molecule has 0 bridgehead atoms. The predicted molar refractivity (Wildman–Crippen MR) is 152 cm³/mol. The molecule has 2 N–H and O–H groups in total. The van der Waals surface area contributed by atoms with E-state index in [1.807, 2.05) is 37.3 Å². The van der Waals surface area contributed by atoms with Gasteiger partial charge in [0.15, 0.2) is 17.3 Å². The van der Waals surface area contributed by atoms with Crippen LogP contribution in [0.5, 0.6) is 17.2 Å². The van der Waals surface area contributed by atoms with E-state index in [9.17, 15) is 19.5 Å². The summed E-state index contributed by atoms with van der Waals surface area (Å²) in [5.41, 5.74) is 2.83. The van der Waals surface area contributed by atoms with Gasteiger partial charge in [-0.15, -0.1) is 0 Å². The molecule has 0 spiro atoms. The van der Waals surface area contributed by atoms with Crippen LogP contribution in [-0.2, 0) is 29.0 Å². The Hall–Kier alpha value is -4.57. The van der Waals surface area contributed by atoms with Crippen molar-refractivity contribution in [1.82, 2.24) is 9.88 Å². The van der Waals surface area contributed by atoms with E-state index in [4.69, 9.17) is 18.6 Å². The van der Waals surface area contributed by atoms with Gasteiger partial charge in [-0.2, -0.15) is 0 Å². The Kier molecular flexibility index (Phi) is 7.85. The highest BCUT2D eigenvalue weighted by Crippen LogP contribution is 2.35. The monoisotopic (exact) mass is 560 g/mol. The van der Waals surface area contributed by atoms with Crippen LogP contribution in [0.15, 0.2) is 56.5 Å². The number of nitrogens with one attached hydrogen (secondary N) is 1. The van der Waals surface area contributed by atoms with Crippen LogP contribution in [0.25, 0.3) is 10.9 Å². The highest BCUT2D eigenvalue weighted by molar-refractivity contribution is 5.82. The minimum atomic E-state index is -1.05. The topological polar surface area (TPSA) is 131 Å². The van der Waals surface area contributed by atoms with Crippen LogP contribution in [0.2, 0.25) is 0 Å². The number of carbonyl (C=O) groups excluding carboxylic acids is 1. The van der Waals surface area contributed by atoms with Crippen LogP contribution < -0.4 is 20.5 Å². The third kappa shape index (κ3) is 5.55. The number of esters is 1. The van der Waals surface area contributed by atoms with Crippen molar-refractivity contribution in [1.29, 1.82) is 0 Å². The molecular weight excluding hydrogens is 528 g/mol. The lowest BCUT2D eigenvalue weighted by atomic mass is 9.92. The predicted octanol–water partition coefficient (Wildman–Crippen LogP) is 3.77. The summed E-state index contributed by atoms with van der Waals surface area (Å²) in [5, 5.41) is 11.6. The number of pyridine rings is 1. The second-order valence-corrected chi connectivity index (χ2v) is 10.2. The minimum absolute atomic E-state index is 0.154. The van der Waals surface area contributed by atoms with Gasteiger partial charge < -0.3 is 28.7 Å². The Morgan fingerprint density at radius 1 is 1.07 bits per heavy atom. The number of benzene rings is 2. The maximum Gasteiger partial charge on any atom is 0.306 e. The van der Waals surface area contributed by atoms with E-state index in [0.717, 1.165) is 28.5 Å². The number of aromatic hydroxyl groups is 1. The molecule has 0 unspecified atom stereocenters. The van der Waals surface area contributed by atoms with Gasteiger partial charge in [0.05, 0.1) is 45.7 Å². The fourth-order valence-electron chi connectivity index (χ4n) is 5.42. The van der Waals surface area contributed by atoms with E-state index in [0.29, 0.717) is 35.9 Å². The maximum absolute atomic E-state index is 13.2. The van der Waals surface area contributed by atoms with Crippen LogP contribution in [0.4, 0.5) is 0 Å². The van der Waals surface area contributed by atoms with Gasteiger partial charge in [-0.25, -0.2) is 0 Å². The Labute approximate surface area is 236 Å². The molecule has 10 nitrogen and oxygen atoms in total. The van der Waals surface area contributed by atoms with E-state index in [2.05, 4.69) is 9.88 Å². The van der Waals surface area contributed by atoms with Crippen molar-refractivity contribution < 1.29 is 28.5 Å². The van der Waals surface area contributed by atoms with Gasteiger partial charge >= 0.3 is 5.97 Å². The Balaban J connectivity index is 1.52. The Morgan fingerprint density at radius 2 is 1.80 bits per heavy atom. The molecule has 0 amide bonds. The molecule has 2 aromatic carbocycles. The summed E-state index contributed by atoms with van der Waals surface area (Å²) in [5.74, 6) is -0.871. The number of H-pyrrole nitrogens is 1. The van der Waals surface area contributed by atoms with E-state index in [1.54, 1.807) is 20.3 Å². The number of ether oxygens (including phenoxy) is 3. The summed E-state index contributed by atoms with van der Waals surface area (Å²) in [4.78, 5) is 43.6. The third-order valence-electron chi connectivity index (χ3n) is 7.58. The number of fused-ring (bicyclic) bond motifs is 2. The number of methoxy groups -OCH3 is 3. The number of hydrogen-bond donors (Lipinski definition) is 2. The van der Waals surface area contributed by atoms with Crippen molar-refractivity contribution >= 4 is 16.9 Å². The summed E-state index contributed by atoms with van der Waals surface area (Å²) < 4.78 is 21.9. The zero-order chi connectivity index (χ0) is 29.3. The number of para-hydroxylation sites is 1. The first-order valence-corrected chi connectivity index (χ1v) is 13.2. The van der Waals surface area contributed by atoms with Crippen molar-refractivity contribution in [3.05, 3.63) is 96.8 Å². The molecular formula is C31H32N2O8. The van der Waals surface area contributed by atoms with Crippen molar-refractivity contribution in [2.75, 3.05) is 27.9 Å². The Bertz CT molecular complexity index is 1740. The number of aromatic amines is 1. The molecule has 1 aliphatic heterocycles. The summed E-state index contributed by atoms with van der Waals surface area (Å²) in [6.07, 6.45) is 0.442. The summed E-state index contributed by atoms with van der Waals surface area (Å²) in [7, 11) is 4.42. The number of hydrogen-bond acceptors (Lipinski definition) is 9. The number of nitrogens with zero attached hydrogens (tertiary/aromatic N) is 1. The first kappa shape index (κ1) is 28.0. The minimum Gasteiger partial charge on any atom is -0.502 e. The lowest BCUT2D eigenvalue weighted by Crippen LogP contribution is -2.30. The number of aromatic nitrogens is 1. The van der Waals surface area contributed by atoms with Crippen LogP contribution in [0, 0.1) is 6.92 Å². The fourth-order valence-corrected chi connectivity index (χ4v) is 5.42. The van der Waals surface area contributed by atoms with Crippen LogP contribution >= 0.6 is 0 Å². The van der Waals surface area contributed by atoms with Gasteiger partial charge in [0.25, 0.3) is 5.56 Å². The van der Waals surface area contributed by atoms with Gasteiger partial charge in [-0.3, -0.25) is 19.3 Å². The Morgan fingerprint density at radius 3 is 2.51 bits per heavy atom. The number of carbonyl (C=O) groups is 1. The quantitative estimate of drug-likeness (QED) is 0.309. The zero-order valence-electron chi connectivity index (χ0n) is 23.4. The third-order valence-corrected chi connectivity index (χ3v) is 7.58. The molecule has 1 aliphatic rings. The van der Waals surface area contributed by atoms with Crippen LogP contribution in [-0.4, -0.2) is 48.8 Å². The second-order valence-electron chi connectivity index (χ2n) is 10.2. The van der Waals surface area contributed by atoms with Gasteiger partial charge in [0.2, 0.25) is 11.2 Å². The summed E-state index contributed by atoms with van der Waals surface area (Å²) >= 11 is 0. The number of rotatable bonds is 8. The van der Waals surface area contributed by atoms with E-state index < -0.39 is 28.6 Å². The molecule has 10 heteroatoms. The first-order chi connectivity index (χ1) is 19.7.